The summed E-state index contributed by atoms with van der Waals surface area (Å²) in [7, 11) is 0. The van der Waals surface area contributed by atoms with Crippen LogP contribution in [0.5, 0.6) is 0 Å². The van der Waals surface area contributed by atoms with Crippen LogP contribution >= 0.6 is 0 Å². The molecule has 0 aliphatic carbocycles. The molecule has 20 rings (SSSR count). The first kappa shape index (κ1) is 103. The van der Waals surface area contributed by atoms with E-state index in [1.807, 2.05) is 116 Å². The van der Waals surface area contributed by atoms with Crippen molar-refractivity contribution in [2.45, 2.75) is 127 Å². The van der Waals surface area contributed by atoms with Crippen molar-refractivity contribution in [2.75, 3.05) is 75.3 Å². The Morgan fingerprint density at radius 2 is 0.624 bits per heavy atom. The molecule has 0 bridgehead atoms. The first-order valence-corrected chi connectivity index (χ1v) is 48.6. The van der Waals surface area contributed by atoms with Crippen LogP contribution in [0.2, 0.25) is 0 Å². The highest BCUT2D eigenvalue weighted by Gasteiger charge is 2.35. The number of amides is 4. The molecule has 5 aromatic carbocycles. The van der Waals surface area contributed by atoms with Crippen LogP contribution in [0.15, 0.2) is 246 Å². The zero-order valence-corrected chi connectivity index (χ0v) is 81.1. The first-order valence-electron chi connectivity index (χ1n) is 48.6. The van der Waals surface area contributed by atoms with Crippen molar-refractivity contribution in [2.24, 2.45) is 0 Å². The number of hydrogen-bond acceptors (Lipinski definition) is 27. The van der Waals surface area contributed by atoms with E-state index in [0.29, 0.717) is 168 Å². The van der Waals surface area contributed by atoms with Gasteiger partial charge in [-0.2, -0.15) is 20.4 Å². The van der Waals surface area contributed by atoms with Gasteiger partial charge >= 0.3 is 0 Å². The molecule has 4 saturated heterocycles. The van der Waals surface area contributed by atoms with E-state index in [2.05, 4.69) is 81.1 Å². The number of aromatic nitrogens is 19. The van der Waals surface area contributed by atoms with Gasteiger partial charge in [-0.3, -0.25) is 53.3 Å². The molecule has 758 valence electrons. The van der Waals surface area contributed by atoms with Gasteiger partial charge in [0.05, 0.1) is 68.6 Å². The largest absolute Gasteiger partial charge is 0.383 e. The van der Waals surface area contributed by atoms with Crippen molar-refractivity contribution in [3.05, 3.63) is 320 Å². The Bertz CT molecular complexity index is 7260. The highest BCUT2D eigenvalue weighted by molar-refractivity contribution is 6.03. The van der Waals surface area contributed by atoms with Crippen molar-refractivity contribution in [3.63, 3.8) is 0 Å². The molecular weight excluding hydrogens is 1910 g/mol. The number of hydrogen-bond donors (Lipinski definition) is 4. The van der Waals surface area contributed by atoms with Crippen LogP contribution in [0.3, 0.4) is 0 Å². The minimum Gasteiger partial charge on any atom is -0.383 e. The lowest BCUT2D eigenvalue weighted by Crippen LogP contribution is -2.40. The summed E-state index contributed by atoms with van der Waals surface area (Å²) >= 11 is 0. The quantitative estimate of drug-likeness (QED) is 0.0201. The Balaban J connectivity index is 0.000000135. The van der Waals surface area contributed by atoms with E-state index >= 15 is 0 Å². The molecule has 0 radical (unpaired) electrons. The smallest absolute Gasteiger partial charge is 0.246 e. The van der Waals surface area contributed by atoms with Crippen LogP contribution in [0, 0.1) is 29.1 Å². The van der Waals surface area contributed by atoms with Crippen LogP contribution in [0.1, 0.15) is 165 Å². The van der Waals surface area contributed by atoms with Crippen LogP contribution < -0.4 is 22.9 Å². The zero-order chi connectivity index (χ0) is 105. The number of rotatable bonds is 28. The number of fused-ring (bicyclic) bond motifs is 4. The van der Waals surface area contributed by atoms with E-state index in [1.165, 1.54) is 111 Å². The Kier molecular flexibility index (Phi) is 32.0. The first-order chi connectivity index (χ1) is 72.2. The minimum absolute atomic E-state index is 0.00248. The molecule has 4 unspecified atom stereocenters. The number of piperidine rings is 4. The fourth-order valence-corrected chi connectivity index (χ4v) is 19.1. The number of nitrogens with two attached hydrogens (primary N) is 4. The molecule has 4 aliphatic heterocycles. The molecule has 0 spiro atoms. The number of halogens is 5. The molecule has 4 aliphatic rings. The highest BCUT2D eigenvalue weighted by Crippen LogP contribution is 2.41. The summed E-state index contributed by atoms with van der Waals surface area (Å²) in [5.74, 6) is -4.44. The molecule has 4 amide bonds. The Morgan fingerprint density at radius 3 is 0.946 bits per heavy atom. The van der Waals surface area contributed by atoms with Gasteiger partial charge in [0.25, 0.3) is 0 Å². The summed E-state index contributed by atoms with van der Waals surface area (Å²) in [6.07, 6.45) is 26.4. The molecule has 35 nitrogen and oxygen atoms in total. The highest BCUT2D eigenvalue weighted by atomic mass is 19.2. The Labute approximate surface area is 850 Å². The predicted octanol–water partition coefficient (Wildman–Crippen LogP) is 15.8. The Morgan fingerprint density at radius 1 is 0.315 bits per heavy atom. The van der Waals surface area contributed by atoms with E-state index in [4.69, 9.17) is 43.3 Å². The van der Waals surface area contributed by atoms with Gasteiger partial charge in [-0.25, -0.2) is 80.6 Å². The van der Waals surface area contributed by atoms with E-state index in [1.54, 1.807) is 19.6 Å². The van der Waals surface area contributed by atoms with Gasteiger partial charge in [0.15, 0.2) is 69.0 Å². The number of nitrogen functional groups attached to an aromatic ring is 4. The summed E-state index contributed by atoms with van der Waals surface area (Å²) in [5, 5.41) is 22.1. The summed E-state index contributed by atoms with van der Waals surface area (Å²) in [4.78, 5) is 151. The van der Waals surface area contributed by atoms with Gasteiger partial charge in [-0.1, -0.05) is 129 Å². The third-order valence-electron chi connectivity index (χ3n) is 26.9. The lowest BCUT2D eigenvalue weighted by atomic mass is 10.0. The fourth-order valence-electron chi connectivity index (χ4n) is 19.1. The average molecular weight is 2020 g/mol. The summed E-state index contributed by atoms with van der Waals surface area (Å²) in [6.45, 7) is 19.1. The molecule has 0 saturated carbocycles. The number of carbonyl (C=O) groups is 8. The number of Topliss-reactive ketones (excluding diaryl/α,β-unsaturated/α-hetero) is 4. The van der Waals surface area contributed by atoms with Gasteiger partial charge in [0.1, 0.15) is 82.9 Å². The second kappa shape index (κ2) is 46.4. The number of nitrogens with zero attached hydrogens (tertiary/aromatic N) is 23. The number of anilines is 4. The topological polar surface area (TPSA) is 467 Å². The monoisotopic (exact) mass is 2010 g/mol. The number of benzene rings is 5. The molecule has 149 heavy (non-hydrogen) atoms. The second-order valence-electron chi connectivity index (χ2n) is 36.3. The minimum atomic E-state index is -1.12. The molecule has 15 heterocycles. The van der Waals surface area contributed by atoms with Crippen molar-refractivity contribution >= 4 is 114 Å². The fraction of sp³-hybridized carbons (Fsp3) is 0.257. The molecule has 11 aromatic heterocycles. The van der Waals surface area contributed by atoms with Crippen LogP contribution in [0.4, 0.5) is 45.2 Å². The van der Waals surface area contributed by atoms with Gasteiger partial charge < -0.3 is 42.5 Å². The standard InChI is InChI=1S/C28H26F2N6O2.3C27H26FN7O2/c1-2-23(38)35-14-4-5-19(15-35)36-28-24(27(31)32-16-33-28)26(34-36)18-11-8-17(9-12-18)10-13-22(37)20-6-3-7-21(29)25(20)30;1-2-22(37)34-14-4-5-19(15-34)35-27-23(26(29)31-16-32-27)24(33-35)18-10-7-17(8-11-18)9-12-21(36)25-20(28)6-3-13-30-25;1-2-23(37)34-13-3-4-19(15-34)35-27-24(26(29)31-16-32-27)25(33-35)18-8-5-17(6-9-18)7-10-22(36)20-14-30-12-11-21(20)28;1-2-23(37)34-13-3-4-19(15-34)35-27-24(26(29)31-16-32-27)25(33-35)18-8-5-17(6-9-18)7-10-22(36)20-11-12-30-14-21(20)28/h2-3,6-9,11-12,16,19H,1,4-5,10,13-15H2,(H2,31,32,33);2-3,6-8,10-11,13,16,19H,1,4-5,9,12,14-15H2,(H2,29,31,32);2*2,5-6,8-9,11-12,14,16,19H,1,3-4,7,10,13,15H2,(H2,29,31,32). The van der Waals surface area contributed by atoms with Crippen molar-refractivity contribution in [1.82, 2.24) is 114 Å². The maximum atomic E-state index is 13.9. The molecule has 40 heteroatoms. The number of pyridine rings is 3. The Hall–Kier alpha value is -17.9. The number of aryl methyl sites for hydroxylation is 4. The van der Waals surface area contributed by atoms with Crippen molar-refractivity contribution < 1.29 is 60.3 Å². The maximum Gasteiger partial charge on any atom is 0.246 e. The third kappa shape index (κ3) is 22.9. The normalized spacial score (nSPS) is 15.6. The van der Waals surface area contributed by atoms with Crippen LogP contribution in [0.25, 0.3) is 89.2 Å². The summed E-state index contributed by atoms with van der Waals surface area (Å²) < 4.78 is 76.3. The van der Waals surface area contributed by atoms with Gasteiger partial charge in [0.2, 0.25) is 23.6 Å². The third-order valence-corrected chi connectivity index (χ3v) is 26.9. The number of likely N-dealkylation sites (tertiary alicyclic amines) is 4. The van der Waals surface area contributed by atoms with Gasteiger partial charge in [0, 0.05) is 125 Å². The number of ketones is 4. The molecular formula is C109H104F5N27O8. The molecule has 16 aromatic rings. The van der Waals surface area contributed by atoms with Crippen molar-refractivity contribution in [3.8, 4) is 45.0 Å². The second-order valence-corrected chi connectivity index (χ2v) is 36.3. The van der Waals surface area contributed by atoms with Gasteiger partial charge in [-0.15, -0.1) is 0 Å². The zero-order valence-electron chi connectivity index (χ0n) is 81.1. The lowest BCUT2D eigenvalue weighted by Gasteiger charge is -2.32. The summed E-state index contributed by atoms with van der Waals surface area (Å²) in [5.41, 5.74) is 36.6. The van der Waals surface area contributed by atoms with E-state index in [-0.39, 0.29) is 113 Å². The molecule has 4 fully saturated rings. The molecule has 4 atom stereocenters. The summed E-state index contributed by atoms with van der Waals surface area (Å²) in [6, 6.07) is 39.1. The maximum absolute atomic E-state index is 13.9. The average Bonchev–Trinajstić information content (AvgIpc) is 1.62. The van der Waals surface area contributed by atoms with Crippen molar-refractivity contribution in [1.29, 1.82) is 0 Å². The molecule has 8 N–H and O–H groups in total. The van der Waals surface area contributed by atoms with Crippen LogP contribution in [-0.4, -0.2) is 213 Å². The van der Waals surface area contributed by atoms with Gasteiger partial charge in [-0.05, 0) is 160 Å². The SMILES string of the molecule is C=CC(=O)N1CCCC(n2nc(-c3ccc(CCC(=O)c4cccc(F)c4F)cc3)c3c(N)ncnc32)C1.C=CC(=O)N1CCCC(n2nc(-c3ccc(CCC(=O)c4ccncc4F)cc3)c3c(N)ncnc32)C1.C=CC(=O)N1CCCC(n2nc(-c3ccc(CCC(=O)c4cnccc4F)cc3)c3c(N)ncnc32)C1.C=CC(=O)N1CCCC(n2nc(-c3ccc(CCC(=O)c4ncccc4F)cc3)c3c(N)ncnc32)C1. The number of carbonyl (C=O) groups excluding carboxylic acids is 8. The van der Waals surface area contributed by atoms with E-state index in [0.717, 1.165) is 108 Å². The van der Waals surface area contributed by atoms with E-state index < -0.39 is 34.9 Å². The predicted molar refractivity (Wildman–Crippen MR) is 550 cm³/mol. The van der Waals surface area contributed by atoms with Crippen LogP contribution in [-0.2, 0) is 44.9 Å². The lowest BCUT2D eigenvalue weighted by molar-refractivity contribution is -0.128. The van der Waals surface area contributed by atoms with E-state index in [9.17, 15) is 60.3 Å².